The summed E-state index contributed by atoms with van der Waals surface area (Å²) in [6.45, 7) is 1.83. The Balaban J connectivity index is 1.92. The highest BCUT2D eigenvalue weighted by atomic mass is 19.1. The van der Waals surface area contributed by atoms with Crippen molar-refractivity contribution < 1.29 is 13.6 Å². The van der Waals surface area contributed by atoms with Crippen LogP contribution >= 0.6 is 0 Å². The second kappa shape index (κ2) is 6.83. The summed E-state index contributed by atoms with van der Waals surface area (Å²) in [6.07, 6.45) is 0.919. The number of para-hydroxylation sites is 1. The maximum Gasteiger partial charge on any atom is 0.243 e. The summed E-state index contributed by atoms with van der Waals surface area (Å²) in [7, 11) is 0. The van der Waals surface area contributed by atoms with Gasteiger partial charge in [-0.2, -0.15) is 0 Å². The third-order valence-electron chi connectivity index (χ3n) is 3.03. The fourth-order valence-corrected chi connectivity index (χ4v) is 1.86. The highest BCUT2D eigenvalue weighted by Gasteiger charge is 2.09. The lowest BCUT2D eigenvalue weighted by molar-refractivity contribution is -0.114. The van der Waals surface area contributed by atoms with Crippen LogP contribution < -0.4 is 10.6 Å². The predicted octanol–water partition coefficient (Wildman–Crippen LogP) is 3.58. The van der Waals surface area contributed by atoms with Crippen LogP contribution in [0.5, 0.6) is 0 Å². The molecule has 0 saturated carbocycles. The number of carbonyl (C=O) groups excluding carboxylic acids is 1. The lowest BCUT2D eigenvalue weighted by Crippen LogP contribution is -2.22. The normalized spacial score (nSPS) is 10.2. The zero-order valence-electron chi connectivity index (χ0n) is 11.6. The van der Waals surface area contributed by atoms with E-state index in [2.05, 4.69) is 10.6 Å². The van der Waals surface area contributed by atoms with E-state index < -0.39 is 11.6 Å². The van der Waals surface area contributed by atoms with Gasteiger partial charge in [0.2, 0.25) is 5.91 Å². The van der Waals surface area contributed by atoms with Gasteiger partial charge in [0.25, 0.3) is 0 Å². The van der Waals surface area contributed by atoms with E-state index in [0.29, 0.717) is 5.69 Å². The van der Waals surface area contributed by atoms with Gasteiger partial charge >= 0.3 is 0 Å². The molecule has 2 aromatic rings. The number of hydrogen-bond acceptors (Lipinski definition) is 2. The van der Waals surface area contributed by atoms with Crippen molar-refractivity contribution in [1.82, 2.24) is 0 Å². The first-order valence-corrected chi connectivity index (χ1v) is 6.67. The van der Waals surface area contributed by atoms with Crippen LogP contribution in [-0.2, 0) is 11.2 Å². The Hall–Kier alpha value is -2.43. The zero-order valence-corrected chi connectivity index (χ0v) is 11.6. The number of amides is 1. The van der Waals surface area contributed by atoms with Crippen molar-refractivity contribution in [1.29, 1.82) is 0 Å². The van der Waals surface area contributed by atoms with E-state index in [1.165, 1.54) is 11.6 Å². The van der Waals surface area contributed by atoms with Crippen LogP contribution in [0.1, 0.15) is 12.5 Å². The Morgan fingerprint density at radius 2 is 1.67 bits per heavy atom. The fraction of sp³-hybridized carbons (Fsp3) is 0.188. The van der Waals surface area contributed by atoms with Crippen LogP contribution in [-0.4, -0.2) is 12.5 Å². The summed E-state index contributed by atoms with van der Waals surface area (Å²) >= 11 is 0. The first-order valence-electron chi connectivity index (χ1n) is 6.67. The second-order valence-corrected chi connectivity index (χ2v) is 4.55. The van der Waals surface area contributed by atoms with E-state index in [1.807, 2.05) is 19.1 Å². The molecule has 1 amide bonds. The Labute approximate surface area is 122 Å². The van der Waals surface area contributed by atoms with Gasteiger partial charge in [-0.05, 0) is 36.2 Å². The van der Waals surface area contributed by atoms with Crippen LogP contribution in [0.4, 0.5) is 20.2 Å². The van der Waals surface area contributed by atoms with Crippen molar-refractivity contribution in [2.75, 3.05) is 17.2 Å². The van der Waals surface area contributed by atoms with Crippen molar-refractivity contribution in [3.8, 4) is 0 Å². The number of nitrogens with one attached hydrogen (secondary N) is 2. The number of aryl methyl sites for hydroxylation is 1. The summed E-state index contributed by atoms with van der Waals surface area (Å²) in [5, 5.41) is 5.12. The minimum atomic E-state index is -0.727. The molecule has 0 aliphatic carbocycles. The third-order valence-corrected chi connectivity index (χ3v) is 3.03. The molecule has 5 heteroatoms. The van der Waals surface area contributed by atoms with Gasteiger partial charge in [0.15, 0.2) is 0 Å². The quantitative estimate of drug-likeness (QED) is 0.883. The first kappa shape index (κ1) is 15.0. The molecule has 0 aromatic heterocycles. The minimum Gasteiger partial charge on any atom is -0.371 e. The van der Waals surface area contributed by atoms with E-state index in [1.54, 1.807) is 12.1 Å². The molecule has 3 nitrogen and oxygen atoms in total. The van der Waals surface area contributed by atoms with Crippen LogP contribution in [0, 0.1) is 11.6 Å². The second-order valence-electron chi connectivity index (χ2n) is 4.55. The molecule has 0 bridgehead atoms. The van der Waals surface area contributed by atoms with Gasteiger partial charge in [-0.1, -0.05) is 25.1 Å². The molecular weight excluding hydrogens is 274 g/mol. The maximum absolute atomic E-state index is 13.4. The topological polar surface area (TPSA) is 41.1 Å². The summed E-state index contributed by atoms with van der Waals surface area (Å²) in [6, 6.07) is 10.9. The Kier molecular flexibility index (Phi) is 4.87. The molecule has 0 aliphatic rings. The smallest absolute Gasteiger partial charge is 0.243 e. The van der Waals surface area contributed by atoms with Crippen LogP contribution in [0.25, 0.3) is 0 Å². The SMILES string of the molecule is CCc1ccc(NC(=O)CNc2c(F)cccc2F)cc1. The van der Waals surface area contributed by atoms with Gasteiger partial charge in [-0.3, -0.25) is 4.79 Å². The number of anilines is 2. The molecule has 2 N–H and O–H groups in total. The lowest BCUT2D eigenvalue weighted by Gasteiger charge is -2.09. The number of hydrogen-bond donors (Lipinski definition) is 2. The predicted molar refractivity (Wildman–Crippen MR) is 79.3 cm³/mol. The molecule has 0 atom stereocenters. The number of carbonyl (C=O) groups is 1. The van der Waals surface area contributed by atoms with Crippen molar-refractivity contribution in [3.63, 3.8) is 0 Å². The first-order chi connectivity index (χ1) is 10.1. The number of halogens is 2. The van der Waals surface area contributed by atoms with Crippen LogP contribution in [0.3, 0.4) is 0 Å². The molecule has 2 aromatic carbocycles. The van der Waals surface area contributed by atoms with Gasteiger partial charge in [0.05, 0.1) is 6.54 Å². The van der Waals surface area contributed by atoms with E-state index in [-0.39, 0.29) is 18.1 Å². The van der Waals surface area contributed by atoms with Crippen LogP contribution in [0.2, 0.25) is 0 Å². The molecule has 0 unspecified atom stereocenters. The number of rotatable bonds is 5. The molecule has 0 aliphatic heterocycles. The fourth-order valence-electron chi connectivity index (χ4n) is 1.86. The summed E-state index contributed by atoms with van der Waals surface area (Å²) in [5.74, 6) is -1.83. The molecule has 0 radical (unpaired) electrons. The Morgan fingerprint density at radius 1 is 1.05 bits per heavy atom. The molecule has 2 rings (SSSR count). The molecule has 21 heavy (non-hydrogen) atoms. The lowest BCUT2D eigenvalue weighted by atomic mass is 10.1. The van der Waals surface area contributed by atoms with Gasteiger partial charge in [0.1, 0.15) is 17.3 Å². The molecule has 0 heterocycles. The summed E-state index contributed by atoms with van der Waals surface area (Å²) in [5.41, 5.74) is 1.52. The van der Waals surface area contributed by atoms with E-state index in [4.69, 9.17) is 0 Å². The monoisotopic (exact) mass is 290 g/mol. The van der Waals surface area contributed by atoms with Crippen molar-refractivity contribution in [3.05, 3.63) is 59.7 Å². The average molecular weight is 290 g/mol. The van der Waals surface area contributed by atoms with Gasteiger partial charge in [-0.15, -0.1) is 0 Å². The third kappa shape index (κ3) is 4.02. The number of benzene rings is 2. The highest BCUT2D eigenvalue weighted by molar-refractivity contribution is 5.93. The largest absolute Gasteiger partial charge is 0.371 e. The van der Waals surface area contributed by atoms with Crippen molar-refractivity contribution >= 4 is 17.3 Å². The zero-order chi connectivity index (χ0) is 15.2. The van der Waals surface area contributed by atoms with E-state index in [9.17, 15) is 13.6 Å². The average Bonchev–Trinajstić information content (AvgIpc) is 2.47. The molecular formula is C16H16F2N2O. The van der Waals surface area contributed by atoms with Crippen LogP contribution in [0.15, 0.2) is 42.5 Å². The molecule has 0 spiro atoms. The molecule has 110 valence electrons. The minimum absolute atomic E-state index is 0.215. The summed E-state index contributed by atoms with van der Waals surface area (Å²) in [4.78, 5) is 11.7. The Bertz CT molecular complexity index is 606. The highest BCUT2D eigenvalue weighted by Crippen LogP contribution is 2.17. The molecule has 0 fully saturated rings. The summed E-state index contributed by atoms with van der Waals surface area (Å²) < 4.78 is 26.8. The van der Waals surface area contributed by atoms with E-state index >= 15 is 0 Å². The Morgan fingerprint density at radius 3 is 2.24 bits per heavy atom. The van der Waals surface area contributed by atoms with E-state index in [0.717, 1.165) is 18.6 Å². The van der Waals surface area contributed by atoms with Gasteiger partial charge in [0, 0.05) is 5.69 Å². The maximum atomic E-state index is 13.4. The van der Waals surface area contributed by atoms with Crippen molar-refractivity contribution in [2.24, 2.45) is 0 Å². The van der Waals surface area contributed by atoms with Crippen molar-refractivity contribution in [2.45, 2.75) is 13.3 Å². The molecule has 0 saturated heterocycles. The standard InChI is InChI=1S/C16H16F2N2O/c1-2-11-6-8-12(9-7-11)20-15(21)10-19-16-13(17)4-3-5-14(16)18/h3-9,19H,2,10H2,1H3,(H,20,21). The van der Waals surface area contributed by atoms with Gasteiger partial charge < -0.3 is 10.6 Å². The van der Waals surface area contributed by atoms with Gasteiger partial charge in [-0.25, -0.2) is 8.78 Å².